The van der Waals surface area contributed by atoms with Crippen LogP contribution in [0.3, 0.4) is 0 Å². The average Bonchev–Trinajstić information content (AvgIpc) is 3.14. The number of nitrogens with one attached hydrogen (secondary N) is 1. The number of benzene rings is 1. The van der Waals surface area contributed by atoms with Gasteiger partial charge in [-0.3, -0.25) is 14.7 Å². The first-order chi connectivity index (χ1) is 11.5. The van der Waals surface area contributed by atoms with Crippen LogP contribution in [0, 0.1) is 13.8 Å². The number of amides is 1. The van der Waals surface area contributed by atoms with Crippen molar-refractivity contribution in [2.45, 2.75) is 31.2 Å². The molecular weight excluding hydrogens is 344 g/mol. The molecule has 0 saturated heterocycles. The van der Waals surface area contributed by atoms with Gasteiger partial charge in [-0.05, 0) is 32.9 Å². The Kier molecular flexibility index (Phi) is 4.91. The van der Waals surface area contributed by atoms with Crippen LogP contribution in [-0.4, -0.2) is 36.1 Å². The summed E-state index contributed by atoms with van der Waals surface area (Å²) in [6.07, 6.45) is 0. The van der Waals surface area contributed by atoms with Crippen molar-refractivity contribution in [3.63, 3.8) is 0 Å². The smallest absolute Gasteiger partial charge is 0.239 e. The summed E-state index contributed by atoms with van der Waals surface area (Å²) in [5.74, 6) is 0.632. The van der Waals surface area contributed by atoms with E-state index in [1.54, 1.807) is 0 Å². The van der Waals surface area contributed by atoms with Gasteiger partial charge in [0.05, 0.1) is 5.25 Å². The summed E-state index contributed by atoms with van der Waals surface area (Å²) < 4.78 is 1.93. The third-order valence-electron chi connectivity index (χ3n) is 3.22. The van der Waals surface area contributed by atoms with E-state index < -0.39 is 0 Å². The van der Waals surface area contributed by atoms with E-state index in [1.807, 2.05) is 55.7 Å². The maximum atomic E-state index is 12.3. The Labute approximate surface area is 147 Å². The monoisotopic (exact) mass is 360 g/mol. The molecule has 9 heteroatoms. The molecule has 0 saturated carbocycles. The van der Waals surface area contributed by atoms with E-state index in [0.29, 0.717) is 10.3 Å². The molecular formula is C15H16N6OS2. The minimum atomic E-state index is -0.347. The second kappa shape index (κ2) is 7.10. The first-order valence-corrected chi connectivity index (χ1v) is 8.99. The summed E-state index contributed by atoms with van der Waals surface area (Å²) in [4.78, 5) is 12.3. The number of hydrogen-bond acceptors (Lipinski definition) is 7. The third kappa shape index (κ3) is 3.62. The summed E-state index contributed by atoms with van der Waals surface area (Å²) in [7, 11) is 0. The molecule has 0 aliphatic rings. The summed E-state index contributed by atoms with van der Waals surface area (Å²) in [5, 5.41) is 20.5. The van der Waals surface area contributed by atoms with Crippen LogP contribution >= 0.6 is 23.1 Å². The number of aryl methyl sites for hydroxylation is 2. The van der Waals surface area contributed by atoms with E-state index in [0.717, 1.165) is 16.5 Å². The van der Waals surface area contributed by atoms with Crippen molar-refractivity contribution < 1.29 is 4.79 Å². The van der Waals surface area contributed by atoms with Gasteiger partial charge in [0.1, 0.15) is 10.8 Å². The van der Waals surface area contributed by atoms with Gasteiger partial charge in [0.2, 0.25) is 11.0 Å². The number of aromatic nitrogens is 5. The summed E-state index contributed by atoms with van der Waals surface area (Å²) >= 11 is 2.70. The number of carbonyl (C=O) groups excluding carboxylic acids is 1. The highest BCUT2D eigenvalue weighted by atomic mass is 32.2. The van der Waals surface area contributed by atoms with E-state index in [9.17, 15) is 4.79 Å². The van der Waals surface area contributed by atoms with Crippen LogP contribution in [0.15, 0.2) is 35.5 Å². The average molecular weight is 360 g/mol. The van der Waals surface area contributed by atoms with Gasteiger partial charge in [0.25, 0.3) is 0 Å². The number of thioether (sulfide) groups is 1. The number of carbonyl (C=O) groups is 1. The Morgan fingerprint density at radius 3 is 2.58 bits per heavy atom. The molecule has 2 aromatic heterocycles. The van der Waals surface area contributed by atoms with Crippen molar-refractivity contribution in [1.82, 2.24) is 25.0 Å². The topological polar surface area (TPSA) is 85.6 Å². The SMILES string of the molecule is Cc1nnc(NC(=O)[C@H](C)Sc2nnc(C)n2-c2ccccc2)s1. The Bertz CT molecular complexity index is 845. The standard InChI is InChI=1S/C15H16N6OS2/c1-9(13(22)16-14-19-18-11(3)24-14)23-15-20-17-10(2)21(15)12-7-5-4-6-8-12/h4-9H,1-3H3,(H,16,19,22)/t9-/m0/s1. The predicted octanol–water partition coefficient (Wildman–Crippen LogP) is 2.85. The van der Waals surface area contributed by atoms with Crippen molar-refractivity contribution in [2.75, 3.05) is 5.32 Å². The van der Waals surface area contributed by atoms with E-state index in [-0.39, 0.29) is 11.2 Å². The zero-order valence-electron chi connectivity index (χ0n) is 13.4. The van der Waals surface area contributed by atoms with Crippen LogP contribution in [0.1, 0.15) is 17.8 Å². The first-order valence-electron chi connectivity index (χ1n) is 7.29. The number of para-hydroxylation sites is 1. The lowest BCUT2D eigenvalue weighted by Crippen LogP contribution is -2.22. The maximum Gasteiger partial charge on any atom is 0.239 e. The second-order valence-electron chi connectivity index (χ2n) is 5.08. The van der Waals surface area contributed by atoms with Crippen LogP contribution in [0.25, 0.3) is 5.69 Å². The van der Waals surface area contributed by atoms with Gasteiger partial charge in [-0.25, -0.2) is 0 Å². The molecule has 124 valence electrons. The quantitative estimate of drug-likeness (QED) is 0.704. The summed E-state index contributed by atoms with van der Waals surface area (Å²) in [5.41, 5.74) is 0.967. The largest absolute Gasteiger partial charge is 0.300 e. The predicted molar refractivity (Wildman–Crippen MR) is 94.7 cm³/mol. The van der Waals surface area contributed by atoms with Crippen molar-refractivity contribution in [3.8, 4) is 5.69 Å². The van der Waals surface area contributed by atoms with E-state index in [1.165, 1.54) is 23.1 Å². The lowest BCUT2D eigenvalue weighted by atomic mass is 10.3. The lowest BCUT2D eigenvalue weighted by Gasteiger charge is -2.12. The van der Waals surface area contributed by atoms with Crippen LogP contribution in [-0.2, 0) is 4.79 Å². The lowest BCUT2D eigenvalue weighted by molar-refractivity contribution is -0.115. The maximum absolute atomic E-state index is 12.3. The van der Waals surface area contributed by atoms with E-state index in [2.05, 4.69) is 25.7 Å². The number of hydrogen-bond donors (Lipinski definition) is 1. The molecule has 0 unspecified atom stereocenters. The number of anilines is 1. The Morgan fingerprint density at radius 2 is 1.92 bits per heavy atom. The van der Waals surface area contributed by atoms with Crippen LogP contribution < -0.4 is 5.32 Å². The fraction of sp³-hybridized carbons (Fsp3) is 0.267. The minimum absolute atomic E-state index is 0.142. The molecule has 0 radical (unpaired) electrons. The molecule has 3 rings (SSSR count). The number of nitrogens with zero attached hydrogens (tertiary/aromatic N) is 5. The highest BCUT2D eigenvalue weighted by Gasteiger charge is 2.20. The normalized spacial score (nSPS) is 12.1. The molecule has 24 heavy (non-hydrogen) atoms. The number of rotatable bonds is 5. The van der Waals surface area contributed by atoms with Crippen molar-refractivity contribution in [1.29, 1.82) is 0 Å². The van der Waals surface area contributed by atoms with Crippen LogP contribution in [0.5, 0.6) is 0 Å². The van der Waals surface area contributed by atoms with Gasteiger partial charge < -0.3 is 0 Å². The third-order valence-corrected chi connectivity index (χ3v) is 5.01. The van der Waals surface area contributed by atoms with Gasteiger partial charge in [0, 0.05) is 5.69 Å². The van der Waals surface area contributed by atoms with Crippen molar-refractivity contribution in [3.05, 3.63) is 41.2 Å². The summed E-state index contributed by atoms with van der Waals surface area (Å²) in [6, 6.07) is 9.83. The molecule has 0 aliphatic carbocycles. The molecule has 1 aromatic carbocycles. The fourth-order valence-electron chi connectivity index (χ4n) is 2.06. The first kappa shape index (κ1) is 16.6. The van der Waals surface area contributed by atoms with Gasteiger partial charge in [-0.2, -0.15) is 0 Å². The van der Waals surface area contributed by atoms with Crippen molar-refractivity contribution >= 4 is 34.1 Å². The van der Waals surface area contributed by atoms with Gasteiger partial charge >= 0.3 is 0 Å². The summed E-state index contributed by atoms with van der Waals surface area (Å²) in [6.45, 7) is 5.56. The van der Waals surface area contributed by atoms with Crippen LogP contribution in [0.4, 0.5) is 5.13 Å². The van der Waals surface area contributed by atoms with Crippen LogP contribution in [0.2, 0.25) is 0 Å². The molecule has 3 aromatic rings. The van der Waals surface area contributed by atoms with E-state index >= 15 is 0 Å². The van der Waals surface area contributed by atoms with Gasteiger partial charge in [0.15, 0.2) is 5.16 Å². The van der Waals surface area contributed by atoms with Crippen molar-refractivity contribution in [2.24, 2.45) is 0 Å². The molecule has 0 aliphatic heterocycles. The highest BCUT2D eigenvalue weighted by molar-refractivity contribution is 8.00. The zero-order valence-corrected chi connectivity index (χ0v) is 15.1. The molecule has 1 N–H and O–H groups in total. The molecule has 1 amide bonds. The van der Waals surface area contributed by atoms with E-state index in [4.69, 9.17) is 0 Å². The Hall–Kier alpha value is -2.26. The molecule has 0 bridgehead atoms. The molecule has 2 heterocycles. The Morgan fingerprint density at radius 1 is 1.17 bits per heavy atom. The zero-order chi connectivity index (χ0) is 17.1. The van der Waals surface area contributed by atoms with Gasteiger partial charge in [-0.1, -0.05) is 41.3 Å². The molecule has 1 atom stereocenters. The molecule has 0 spiro atoms. The molecule has 7 nitrogen and oxygen atoms in total. The fourth-order valence-corrected chi connectivity index (χ4v) is 3.57. The minimum Gasteiger partial charge on any atom is -0.300 e. The van der Waals surface area contributed by atoms with Gasteiger partial charge in [-0.15, -0.1) is 20.4 Å². The molecule has 0 fully saturated rings. The highest BCUT2D eigenvalue weighted by Crippen LogP contribution is 2.26. The Balaban J connectivity index is 1.75. The second-order valence-corrected chi connectivity index (χ2v) is 7.57.